The van der Waals surface area contributed by atoms with Crippen LogP contribution in [0.5, 0.6) is 0 Å². The van der Waals surface area contributed by atoms with Crippen LogP contribution in [0.1, 0.15) is 32.6 Å². The van der Waals surface area contributed by atoms with Gasteiger partial charge < -0.3 is 4.90 Å². The predicted octanol–water partition coefficient (Wildman–Crippen LogP) is 0.878. The predicted molar refractivity (Wildman–Crippen MR) is 85.4 cm³/mol. The summed E-state index contributed by atoms with van der Waals surface area (Å²) in [5.74, 6) is -0.479. The summed E-state index contributed by atoms with van der Waals surface area (Å²) in [6.45, 7) is 2.72. The molecule has 0 spiro atoms. The van der Waals surface area contributed by atoms with Crippen LogP contribution in [-0.2, 0) is 15.6 Å². The fourth-order valence-corrected chi connectivity index (χ4v) is 3.47. The van der Waals surface area contributed by atoms with Gasteiger partial charge in [-0.05, 0) is 24.1 Å². The van der Waals surface area contributed by atoms with Gasteiger partial charge in [-0.25, -0.2) is 9.20 Å². The molecule has 1 atom stereocenters. The van der Waals surface area contributed by atoms with Gasteiger partial charge in [0.1, 0.15) is 15.7 Å². The minimum Gasteiger partial charge on any atom is -0.320 e. The molecule has 122 valence electrons. The molecule has 23 heavy (non-hydrogen) atoms. The van der Waals surface area contributed by atoms with E-state index >= 15 is 0 Å². The molecule has 2 aliphatic rings. The lowest BCUT2D eigenvalue weighted by Gasteiger charge is -2.19. The van der Waals surface area contributed by atoms with Crippen LogP contribution in [0, 0.1) is 0 Å². The van der Waals surface area contributed by atoms with Crippen molar-refractivity contribution in [2.24, 2.45) is 4.99 Å². The third-order valence-electron chi connectivity index (χ3n) is 3.48. The number of amidine groups is 1. The van der Waals surface area contributed by atoms with E-state index in [-0.39, 0.29) is 10.9 Å². The zero-order valence-electron chi connectivity index (χ0n) is 12.7. The Morgan fingerprint density at radius 2 is 2.35 bits per heavy atom. The lowest BCUT2D eigenvalue weighted by Crippen LogP contribution is -2.27. The first-order chi connectivity index (χ1) is 11.2. The molecule has 1 aromatic rings. The van der Waals surface area contributed by atoms with E-state index in [1.165, 1.54) is 0 Å². The van der Waals surface area contributed by atoms with E-state index in [1.54, 1.807) is 11.1 Å². The van der Waals surface area contributed by atoms with Gasteiger partial charge in [-0.1, -0.05) is 24.9 Å². The van der Waals surface area contributed by atoms with Crippen LogP contribution in [0.15, 0.2) is 27.9 Å². The second-order valence-electron chi connectivity index (χ2n) is 5.15. The molecular weight excluding hydrogens is 318 g/mol. The van der Waals surface area contributed by atoms with Crippen LogP contribution in [0.3, 0.4) is 0 Å². The number of hydrogen-bond acceptors (Lipinski definition) is 7. The first kappa shape index (κ1) is 15.5. The van der Waals surface area contributed by atoms with E-state index in [2.05, 4.69) is 37.9 Å². The zero-order valence-corrected chi connectivity index (χ0v) is 13.5. The highest BCUT2D eigenvalue weighted by atomic mass is 32.2. The Bertz CT molecular complexity index is 708. The Hall–Kier alpha value is -2.36. The molecule has 0 fully saturated rings. The number of unbranched alkanes of at least 4 members (excludes halogenated alkanes) is 2. The van der Waals surface area contributed by atoms with Crippen molar-refractivity contribution in [3.8, 4) is 0 Å². The van der Waals surface area contributed by atoms with Gasteiger partial charge in [-0.3, -0.25) is 10.1 Å². The van der Waals surface area contributed by atoms with Crippen molar-refractivity contribution >= 4 is 27.8 Å². The fourth-order valence-electron chi connectivity index (χ4n) is 2.29. The Morgan fingerprint density at radius 3 is 3.09 bits per heavy atom. The molecule has 0 bridgehead atoms. The quantitative estimate of drug-likeness (QED) is 0.745. The van der Waals surface area contributed by atoms with Crippen molar-refractivity contribution in [3.05, 3.63) is 22.9 Å². The first-order valence-electron chi connectivity index (χ1n) is 7.41. The van der Waals surface area contributed by atoms with Crippen LogP contribution < -0.4 is 5.32 Å². The topological polar surface area (TPSA) is 116 Å². The number of anilines is 1. The number of amides is 1. The van der Waals surface area contributed by atoms with Gasteiger partial charge in [0.05, 0.1) is 0 Å². The molecule has 0 aliphatic carbocycles. The molecule has 0 saturated heterocycles. The van der Waals surface area contributed by atoms with Gasteiger partial charge in [0.15, 0.2) is 0 Å². The van der Waals surface area contributed by atoms with Crippen LogP contribution >= 0.6 is 0 Å². The third-order valence-corrected chi connectivity index (χ3v) is 4.83. The smallest absolute Gasteiger partial charge is 0.270 e. The summed E-state index contributed by atoms with van der Waals surface area (Å²) in [6.07, 6.45) is 7.78. The summed E-state index contributed by atoms with van der Waals surface area (Å²) in [5.41, 5.74) is 0.936. The minimum absolute atomic E-state index is 0.0399. The maximum atomic E-state index is 12.5. The number of allylic oxidation sites excluding steroid dienone is 1. The number of aromatic nitrogens is 4. The standard InChI is InChI=1S/C13H17N7O2S/c1-2-3-4-5-9-6-7-20-8-10(23(22)13(20)14-9)11(21)15-12-16-18-19-17-12/h6,8H,2-5,7H2,1H3,(H2,15,16,17,18,19,21). The fraction of sp³-hybridized carbons (Fsp3) is 0.462. The molecule has 1 aromatic heterocycles. The number of aromatic amines is 1. The lowest BCUT2D eigenvalue weighted by molar-refractivity contribution is -0.112. The highest BCUT2D eigenvalue weighted by Crippen LogP contribution is 2.25. The first-order valence-corrected chi connectivity index (χ1v) is 8.56. The average molecular weight is 335 g/mol. The van der Waals surface area contributed by atoms with Gasteiger partial charge in [-0.15, -0.1) is 5.10 Å². The van der Waals surface area contributed by atoms with Crippen molar-refractivity contribution in [2.45, 2.75) is 32.6 Å². The second-order valence-corrected chi connectivity index (χ2v) is 6.49. The number of nitrogens with zero attached hydrogens (tertiary/aromatic N) is 5. The van der Waals surface area contributed by atoms with Crippen molar-refractivity contribution in [3.63, 3.8) is 0 Å². The third kappa shape index (κ3) is 3.36. The Balaban J connectivity index is 1.68. The maximum Gasteiger partial charge on any atom is 0.270 e. The van der Waals surface area contributed by atoms with Crippen LogP contribution in [0.25, 0.3) is 0 Å². The Kier molecular flexibility index (Phi) is 4.60. The average Bonchev–Trinajstić information content (AvgIpc) is 3.16. The van der Waals surface area contributed by atoms with E-state index in [4.69, 9.17) is 0 Å². The van der Waals surface area contributed by atoms with Gasteiger partial charge in [0.2, 0.25) is 5.17 Å². The molecule has 3 heterocycles. The van der Waals surface area contributed by atoms with Crippen LogP contribution in [0.2, 0.25) is 0 Å². The Morgan fingerprint density at radius 1 is 1.48 bits per heavy atom. The molecule has 2 N–H and O–H groups in total. The van der Waals surface area contributed by atoms with Crippen molar-refractivity contribution < 1.29 is 9.00 Å². The van der Waals surface area contributed by atoms with Crippen molar-refractivity contribution in [2.75, 3.05) is 11.9 Å². The molecule has 10 heteroatoms. The zero-order chi connectivity index (χ0) is 16.2. The number of tetrazole rings is 1. The van der Waals surface area contributed by atoms with Gasteiger partial charge >= 0.3 is 0 Å². The van der Waals surface area contributed by atoms with Crippen LogP contribution in [-0.4, -0.2) is 47.4 Å². The summed E-state index contributed by atoms with van der Waals surface area (Å²) in [6, 6.07) is 0. The molecule has 0 saturated carbocycles. The monoisotopic (exact) mass is 335 g/mol. The number of fused-ring (bicyclic) bond motifs is 1. The summed E-state index contributed by atoms with van der Waals surface area (Å²) in [7, 11) is -1.60. The number of nitrogens with one attached hydrogen (secondary N) is 2. The number of rotatable bonds is 6. The lowest BCUT2D eigenvalue weighted by atomic mass is 10.1. The number of carbonyl (C=O) groups excluding carboxylic acids is 1. The van der Waals surface area contributed by atoms with Crippen molar-refractivity contribution in [1.82, 2.24) is 25.5 Å². The van der Waals surface area contributed by atoms with Gasteiger partial charge in [0.25, 0.3) is 11.9 Å². The largest absolute Gasteiger partial charge is 0.320 e. The molecule has 1 amide bonds. The molecule has 0 aromatic carbocycles. The van der Waals surface area contributed by atoms with E-state index in [0.29, 0.717) is 11.7 Å². The molecule has 9 nitrogen and oxygen atoms in total. The highest BCUT2D eigenvalue weighted by Gasteiger charge is 2.34. The van der Waals surface area contributed by atoms with E-state index in [9.17, 15) is 9.00 Å². The SMILES string of the molecule is CCCCCC1=CCN2C=C(C(=O)Nc3nn[nH]n3)S(=O)C2=N1. The summed E-state index contributed by atoms with van der Waals surface area (Å²) < 4.78 is 12.5. The van der Waals surface area contributed by atoms with E-state index in [0.717, 1.165) is 31.4 Å². The Labute approximate surface area is 135 Å². The van der Waals surface area contributed by atoms with E-state index in [1.807, 2.05) is 6.08 Å². The van der Waals surface area contributed by atoms with Crippen molar-refractivity contribution in [1.29, 1.82) is 0 Å². The summed E-state index contributed by atoms with van der Waals surface area (Å²) in [5, 5.41) is 15.7. The maximum absolute atomic E-state index is 12.5. The summed E-state index contributed by atoms with van der Waals surface area (Å²) >= 11 is 0. The van der Waals surface area contributed by atoms with Gasteiger partial charge in [0, 0.05) is 18.4 Å². The highest BCUT2D eigenvalue weighted by molar-refractivity contribution is 8.05. The molecule has 1 unspecified atom stereocenters. The molecule has 3 rings (SSSR count). The summed E-state index contributed by atoms with van der Waals surface area (Å²) in [4.78, 5) is 18.5. The van der Waals surface area contributed by atoms with Crippen LogP contribution in [0.4, 0.5) is 5.95 Å². The van der Waals surface area contributed by atoms with Gasteiger partial charge in [-0.2, -0.15) is 5.21 Å². The molecule has 0 radical (unpaired) electrons. The molecule has 2 aliphatic heterocycles. The van der Waals surface area contributed by atoms with E-state index < -0.39 is 16.7 Å². The number of aliphatic imine (C=N–C) groups is 1. The minimum atomic E-state index is -1.60. The number of hydrogen-bond donors (Lipinski definition) is 2. The number of carbonyl (C=O) groups is 1. The second kappa shape index (κ2) is 6.82. The molecular formula is C13H17N7O2S. The number of H-pyrrole nitrogens is 1. The normalized spacial score (nSPS) is 19.8.